The average Bonchev–Trinajstić information content (AvgIpc) is 2.14. The molecule has 0 heterocycles. The van der Waals surface area contributed by atoms with Gasteiger partial charge in [0.05, 0.1) is 6.10 Å². The number of hydrogen-bond acceptors (Lipinski definition) is 2. The lowest BCUT2D eigenvalue weighted by Gasteiger charge is -2.08. The maximum absolute atomic E-state index is 9.06. The summed E-state index contributed by atoms with van der Waals surface area (Å²) in [5.74, 6) is 0. The Hall–Kier alpha value is -0.280. The molecule has 0 saturated carbocycles. The number of rotatable bonds is 5. The maximum Gasteiger partial charge on any atom is 0.0524 e. The van der Waals surface area contributed by atoms with Crippen LogP contribution in [0.3, 0.4) is 0 Å². The van der Waals surface area contributed by atoms with E-state index in [1.165, 1.54) is 0 Å². The second kappa shape index (κ2) is 6.33. The van der Waals surface area contributed by atoms with Crippen molar-refractivity contribution in [2.75, 3.05) is 6.54 Å². The molecule has 1 atom stereocenters. The zero-order valence-electron chi connectivity index (χ0n) is 8.63. The van der Waals surface area contributed by atoms with E-state index in [9.17, 15) is 0 Å². The fourth-order valence-corrected chi connectivity index (χ4v) is 1.67. The monoisotopic (exact) mass is 247 g/mol. The predicted octanol–water partition coefficient (Wildman–Crippen LogP) is 2.85. The second-order valence-electron chi connectivity index (χ2n) is 3.55. The molecule has 0 spiro atoms. The van der Waals surface area contributed by atoms with Crippen molar-refractivity contribution < 1.29 is 5.11 Å². The Morgan fingerprint density at radius 1 is 1.40 bits per heavy atom. The molecule has 0 aliphatic carbocycles. The van der Waals surface area contributed by atoms with Crippen LogP contribution in [0, 0.1) is 0 Å². The number of benzene rings is 1. The molecule has 1 aromatic rings. The van der Waals surface area contributed by atoms with Gasteiger partial charge in [0.1, 0.15) is 0 Å². The zero-order chi connectivity index (χ0) is 11.3. The summed E-state index contributed by atoms with van der Waals surface area (Å²) in [5.41, 5.74) is 1.02. The van der Waals surface area contributed by atoms with Crippen LogP contribution >= 0.6 is 23.2 Å². The van der Waals surface area contributed by atoms with Crippen molar-refractivity contribution in [3.05, 3.63) is 33.8 Å². The molecule has 1 unspecified atom stereocenters. The molecule has 1 aromatic carbocycles. The molecule has 4 heteroatoms. The third-order valence-electron chi connectivity index (χ3n) is 2.07. The van der Waals surface area contributed by atoms with Crippen LogP contribution in [0.25, 0.3) is 0 Å². The van der Waals surface area contributed by atoms with E-state index in [1.807, 2.05) is 12.1 Å². The van der Waals surface area contributed by atoms with E-state index in [1.54, 1.807) is 13.0 Å². The maximum atomic E-state index is 9.06. The quantitative estimate of drug-likeness (QED) is 0.785. The number of halogens is 2. The van der Waals surface area contributed by atoms with Gasteiger partial charge < -0.3 is 10.4 Å². The molecule has 0 bridgehead atoms. The van der Waals surface area contributed by atoms with E-state index >= 15 is 0 Å². The molecule has 0 fully saturated rings. The number of nitrogens with one attached hydrogen (secondary N) is 1. The van der Waals surface area contributed by atoms with Gasteiger partial charge in [-0.1, -0.05) is 29.3 Å². The Balaban J connectivity index is 2.37. The Labute approximate surface area is 100 Å². The van der Waals surface area contributed by atoms with Crippen molar-refractivity contribution >= 4 is 23.2 Å². The van der Waals surface area contributed by atoms with Crippen LogP contribution < -0.4 is 5.32 Å². The lowest BCUT2D eigenvalue weighted by molar-refractivity contribution is 0.183. The molecule has 0 saturated heterocycles. The van der Waals surface area contributed by atoms with Crippen LogP contribution in [0.5, 0.6) is 0 Å². The van der Waals surface area contributed by atoms with E-state index in [0.29, 0.717) is 16.6 Å². The van der Waals surface area contributed by atoms with Crippen molar-refractivity contribution in [2.45, 2.75) is 26.0 Å². The first kappa shape index (κ1) is 12.8. The van der Waals surface area contributed by atoms with Crippen molar-refractivity contribution in [2.24, 2.45) is 0 Å². The fraction of sp³-hybridized carbons (Fsp3) is 0.455. The van der Waals surface area contributed by atoms with Gasteiger partial charge in [-0.25, -0.2) is 0 Å². The smallest absolute Gasteiger partial charge is 0.0524 e. The minimum absolute atomic E-state index is 0.266. The molecule has 0 amide bonds. The molecule has 0 radical (unpaired) electrons. The van der Waals surface area contributed by atoms with Crippen molar-refractivity contribution in [3.8, 4) is 0 Å². The second-order valence-corrected chi connectivity index (χ2v) is 4.39. The van der Waals surface area contributed by atoms with Crippen LogP contribution in [-0.2, 0) is 6.54 Å². The van der Waals surface area contributed by atoms with E-state index in [0.717, 1.165) is 18.5 Å². The van der Waals surface area contributed by atoms with Crippen LogP contribution in [0.2, 0.25) is 10.0 Å². The van der Waals surface area contributed by atoms with Gasteiger partial charge in [0.2, 0.25) is 0 Å². The summed E-state index contributed by atoms with van der Waals surface area (Å²) in [4.78, 5) is 0. The van der Waals surface area contributed by atoms with Crippen LogP contribution in [-0.4, -0.2) is 17.8 Å². The lowest BCUT2D eigenvalue weighted by Crippen LogP contribution is -2.18. The molecule has 0 aliphatic rings. The number of aliphatic hydroxyl groups excluding tert-OH is 1. The van der Waals surface area contributed by atoms with Crippen LogP contribution in [0.1, 0.15) is 18.9 Å². The van der Waals surface area contributed by atoms with Gasteiger partial charge in [0.25, 0.3) is 0 Å². The van der Waals surface area contributed by atoms with Gasteiger partial charge >= 0.3 is 0 Å². The highest BCUT2D eigenvalue weighted by Crippen LogP contribution is 2.20. The Bertz CT molecular complexity index is 315. The Morgan fingerprint density at radius 2 is 2.13 bits per heavy atom. The van der Waals surface area contributed by atoms with Gasteiger partial charge in [-0.15, -0.1) is 0 Å². The Morgan fingerprint density at radius 3 is 2.73 bits per heavy atom. The first-order valence-electron chi connectivity index (χ1n) is 4.92. The van der Waals surface area contributed by atoms with Gasteiger partial charge in [-0.3, -0.25) is 0 Å². The molecular formula is C11H15Cl2NO. The van der Waals surface area contributed by atoms with E-state index in [2.05, 4.69) is 5.32 Å². The normalized spacial score (nSPS) is 12.8. The molecule has 0 aliphatic heterocycles. The first-order valence-corrected chi connectivity index (χ1v) is 5.68. The fourth-order valence-electron chi connectivity index (χ4n) is 1.20. The average molecular weight is 248 g/mol. The summed E-state index contributed by atoms with van der Waals surface area (Å²) in [6.07, 6.45) is 0.476. The first-order chi connectivity index (χ1) is 7.09. The summed E-state index contributed by atoms with van der Waals surface area (Å²) in [6.45, 7) is 3.25. The highest BCUT2D eigenvalue weighted by molar-refractivity contribution is 6.35. The minimum atomic E-state index is -0.266. The van der Waals surface area contributed by atoms with Gasteiger partial charge in [-0.05, 0) is 37.6 Å². The van der Waals surface area contributed by atoms with Crippen LogP contribution in [0.15, 0.2) is 18.2 Å². The molecule has 0 aromatic heterocycles. The predicted molar refractivity (Wildman–Crippen MR) is 64.5 cm³/mol. The summed E-state index contributed by atoms with van der Waals surface area (Å²) >= 11 is 11.8. The molecular weight excluding hydrogens is 233 g/mol. The minimum Gasteiger partial charge on any atom is -0.393 e. The molecule has 2 N–H and O–H groups in total. The topological polar surface area (TPSA) is 32.3 Å². The lowest BCUT2D eigenvalue weighted by atomic mass is 10.2. The van der Waals surface area contributed by atoms with E-state index in [-0.39, 0.29) is 6.10 Å². The van der Waals surface area contributed by atoms with Gasteiger partial charge in [0, 0.05) is 16.6 Å². The standard InChI is InChI=1S/C11H15Cl2NO/c1-8(15)4-5-14-7-9-2-3-10(12)6-11(9)13/h2-3,6,8,14-15H,4-5,7H2,1H3. The van der Waals surface area contributed by atoms with Gasteiger partial charge in [-0.2, -0.15) is 0 Å². The highest BCUT2D eigenvalue weighted by atomic mass is 35.5. The molecule has 2 nitrogen and oxygen atoms in total. The molecule has 1 rings (SSSR count). The third kappa shape index (κ3) is 4.85. The summed E-state index contributed by atoms with van der Waals surface area (Å²) in [6, 6.07) is 5.45. The summed E-state index contributed by atoms with van der Waals surface area (Å²) < 4.78 is 0. The number of aliphatic hydroxyl groups is 1. The SMILES string of the molecule is CC(O)CCNCc1ccc(Cl)cc1Cl. The van der Waals surface area contributed by atoms with Crippen LogP contribution in [0.4, 0.5) is 0 Å². The largest absolute Gasteiger partial charge is 0.393 e. The van der Waals surface area contributed by atoms with Gasteiger partial charge in [0.15, 0.2) is 0 Å². The van der Waals surface area contributed by atoms with Crippen molar-refractivity contribution in [3.63, 3.8) is 0 Å². The summed E-state index contributed by atoms with van der Waals surface area (Å²) in [5, 5.41) is 13.6. The number of hydrogen-bond donors (Lipinski definition) is 2. The zero-order valence-corrected chi connectivity index (χ0v) is 10.1. The highest BCUT2D eigenvalue weighted by Gasteiger charge is 2.01. The third-order valence-corrected chi connectivity index (χ3v) is 2.66. The Kier molecular flexibility index (Phi) is 5.40. The summed E-state index contributed by atoms with van der Waals surface area (Å²) in [7, 11) is 0. The molecule has 84 valence electrons. The van der Waals surface area contributed by atoms with E-state index < -0.39 is 0 Å². The molecule has 15 heavy (non-hydrogen) atoms. The van der Waals surface area contributed by atoms with Crippen molar-refractivity contribution in [1.29, 1.82) is 0 Å². The van der Waals surface area contributed by atoms with E-state index in [4.69, 9.17) is 28.3 Å². The van der Waals surface area contributed by atoms with Crippen molar-refractivity contribution in [1.82, 2.24) is 5.32 Å².